The number of rotatable bonds is 4. The van der Waals surface area contributed by atoms with Crippen molar-refractivity contribution < 1.29 is 13.2 Å². The number of anilines is 1. The van der Waals surface area contributed by atoms with Crippen molar-refractivity contribution in [3.8, 4) is 0 Å². The van der Waals surface area contributed by atoms with E-state index in [1.165, 1.54) is 0 Å². The Morgan fingerprint density at radius 1 is 1.35 bits per heavy atom. The number of aryl methyl sites for hydroxylation is 2. The van der Waals surface area contributed by atoms with E-state index in [1.54, 1.807) is 10.8 Å². The van der Waals surface area contributed by atoms with E-state index in [2.05, 4.69) is 20.5 Å². The number of fused-ring (bicyclic) bond motifs is 1. The van der Waals surface area contributed by atoms with Gasteiger partial charge in [0, 0.05) is 30.5 Å². The predicted molar refractivity (Wildman–Crippen MR) is 78.8 cm³/mol. The SMILES string of the molecule is CCc1cc(NCc2nnc3n2CC(C(F)(F)F)CC3)ccn1. The zero-order chi connectivity index (χ0) is 16.4. The Morgan fingerprint density at radius 3 is 2.91 bits per heavy atom. The Kier molecular flexibility index (Phi) is 4.23. The van der Waals surface area contributed by atoms with Gasteiger partial charge in [-0.25, -0.2) is 0 Å². The molecule has 8 heteroatoms. The number of alkyl halides is 3. The number of hydrogen-bond acceptors (Lipinski definition) is 4. The van der Waals surface area contributed by atoms with Crippen molar-refractivity contribution in [1.29, 1.82) is 0 Å². The average molecular weight is 325 g/mol. The van der Waals surface area contributed by atoms with Gasteiger partial charge in [-0.1, -0.05) is 6.92 Å². The first-order valence-corrected chi connectivity index (χ1v) is 7.64. The van der Waals surface area contributed by atoms with E-state index in [4.69, 9.17) is 0 Å². The van der Waals surface area contributed by atoms with Gasteiger partial charge in [-0.3, -0.25) is 4.98 Å². The van der Waals surface area contributed by atoms with Crippen LogP contribution in [0.25, 0.3) is 0 Å². The number of pyridine rings is 1. The lowest BCUT2D eigenvalue weighted by atomic mass is 9.99. The summed E-state index contributed by atoms with van der Waals surface area (Å²) in [6.07, 6.45) is -1.25. The number of nitrogens with zero attached hydrogens (tertiary/aromatic N) is 4. The highest BCUT2D eigenvalue weighted by molar-refractivity contribution is 5.43. The molecule has 1 N–H and O–H groups in total. The summed E-state index contributed by atoms with van der Waals surface area (Å²) in [6, 6.07) is 3.75. The third-order valence-corrected chi connectivity index (χ3v) is 4.12. The first-order valence-electron chi connectivity index (χ1n) is 7.64. The maximum atomic E-state index is 12.9. The molecule has 5 nitrogen and oxygen atoms in total. The molecule has 0 aromatic carbocycles. The summed E-state index contributed by atoms with van der Waals surface area (Å²) in [5, 5.41) is 11.2. The van der Waals surface area contributed by atoms with Crippen molar-refractivity contribution in [3.63, 3.8) is 0 Å². The molecule has 0 spiro atoms. The van der Waals surface area contributed by atoms with Crippen LogP contribution < -0.4 is 5.32 Å². The summed E-state index contributed by atoms with van der Waals surface area (Å²) >= 11 is 0. The monoisotopic (exact) mass is 325 g/mol. The van der Waals surface area contributed by atoms with Gasteiger partial charge in [-0.05, 0) is 25.0 Å². The van der Waals surface area contributed by atoms with E-state index in [9.17, 15) is 13.2 Å². The third kappa shape index (κ3) is 3.46. The molecule has 2 aromatic rings. The van der Waals surface area contributed by atoms with Gasteiger partial charge in [-0.15, -0.1) is 10.2 Å². The van der Waals surface area contributed by atoms with Gasteiger partial charge in [0.15, 0.2) is 5.82 Å². The van der Waals surface area contributed by atoms with Crippen molar-refractivity contribution in [2.24, 2.45) is 5.92 Å². The Hall–Kier alpha value is -2.12. The molecule has 1 aliphatic rings. The first kappa shape index (κ1) is 15.8. The van der Waals surface area contributed by atoms with Crippen molar-refractivity contribution in [3.05, 3.63) is 35.7 Å². The quantitative estimate of drug-likeness (QED) is 0.939. The second-order valence-corrected chi connectivity index (χ2v) is 5.66. The lowest BCUT2D eigenvalue weighted by Gasteiger charge is -2.26. The molecule has 0 radical (unpaired) electrons. The summed E-state index contributed by atoms with van der Waals surface area (Å²) in [6.45, 7) is 2.25. The highest BCUT2D eigenvalue weighted by atomic mass is 19.4. The molecular formula is C15H18F3N5. The predicted octanol–water partition coefficient (Wildman–Crippen LogP) is 2.97. The summed E-state index contributed by atoms with van der Waals surface area (Å²) in [5.74, 6) is -0.160. The maximum Gasteiger partial charge on any atom is 0.393 e. The largest absolute Gasteiger partial charge is 0.393 e. The zero-order valence-corrected chi connectivity index (χ0v) is 12.8. The second-order valence-electron chi connectivity index (χ2n) is 5.66. The first-order chi connectivity index (χ1) is 11.0. The molecule has 0 fully saturated rings. The van der Waals surface area contributed by atoms with Gasteiger partial charge in [0.05, 0.1) is 12.5 Å². The molecule has 3 rings (SSSR count). The van der Waals surface area contributed by atoms with E-state index in [0.717, 1.165) is 17.8 Å². The molecule has 23 heavy (non-hydrogen) atoms. The van der Waals surface area contributed by atoms with Crippen LogP contribution in [0.15, 0.2) is 18.3 Å². The molecule has 0 amide bonds. The third-order valence-electron chi connectivity index (χ3n) is 4.12. The van der Waals surface area contributed by atoms with Gasteiger partial charge >= 0.3 is 6.18 Å². The van der Waals surface area contributed by atoms with Crippen molar-refractivity contribution >= 4 is 5.69 Å². The van der Waals surface area contributed by atoms with Gasteiger partial charge in [0.2, 0.25) is 0 Å². The van der Waals surface area contributed by atoms with Crippen molar-refractivity contribution in [2.75, 3.05) is 5.32 Å². The molecule has 0 bridgehead atoms. The van der Waals surface area contributed by atoms with Crippen LogP contribution in [-0.4, -0.2) is 25.9 Å². The van der Waals surface area contributed by atoms with E-state index < -0.39 is 12.1 Å². The van der Waals surface area contributed by atoms with Gasteiger partial charge in [-0.2, -0.15) is 13.2 Å². The smallest absolute Gasteiger partial charge is 0.378 e. The Balaban J connectivity index is 1.72. The molecule has 2 aromatic heterocycles. The van der Waals surface area contributed by atoms with Crippen LogP contribution in [0.1, 0.15) is 30.7 Å². The fraction of sp³-hybridized carbons (Fsp3) is 0.533. The van der Waals surface area contributed by atoms with Gasteiger partial charge in [0.25, 0.3) is 0 Å². The van der Waals surface area contributed by atoms with Crippen LogP contribution in [0.3, 0.4) is 0 Å². The van der Waals surface area contributed by atoms with Crippen LogP contribution >= 0.6 is 0 Å². The summed E-state index contributed by atoms with van der Waals surface area (Å²) in [5.41, 5.74) is 1.83. The van der Waals surface area contributed by atoms with Crippen molar-refractivity contribution in [1.82, 2.24) is 19.7 Å². The van der Waals surface area contributed by atoms with E-state index in [0.29, 0.717) is 24.6 Å². The molecule has 1 unspecified atom stereocenters. The normalized spacial score (nSPS) is 17.8. The second kappa shape index (κ2) is 6.17. The highest BCUT2D eigenvalue weighted by Crippen LogP contribution is 2.34. The molecule has 1 aliphatic heterocycles. The molecule has 0 aliphatic carbocycles. The maximum absolute atomic E-state index is 12.9. The summed E-state index contributed by atoms with van der Waals surface area (Å²) in [7, 11) is 0. The van der Waals surface area contributed by atoms with Crippen LogP contribution in [0.5, 0.6) is 0 Å². The van der Waals surface area contributed by atoms with Gasteiger partial charge < -0.3 is 9.88 Å². The van der Waals surface area contributed by atoms with Gasteiger partial charge in [0.1, 0.15) is 5.82 Å². The Bertz CT molecular complexity index is 680. The van der Waals surface area contributed by atoms with E-state index >= 15 is 0 Å². The van der Waals surface area contributed by atoms with Crippen LogP contribution in [0.2, 0.25) is 0 Å². The molecular weight excluding hydrogens is 307 g/mol. The summed E-state index contributed by atoms with van der Waals surface area (Å²) < 4.78 is 40.4. The van der Waals surface area contributed by atoms with Crippen LogP contribution in [0.4, 0.5) is 18.9 Å². The lowest BCUT2D eigenvalue weighted by molar-refractivity contribution is -0.182. The minimum Gasteiger partial charge on any atom is -0.378 e. The molecule has 0 saturated carbocycles. The number of halogens is 3. The molecule has 3 heterocycles. The number of nitrogens with one attached hydrogen (secondary N) is 1. The fourth-order valence-electron chi connectivity index (χ4n) is 2.74. The fourth-order valence-corrected chi connectivity index (χ4v) is 2.74. The van der Waals surface area contributed by atoms with Crippen molar-refractivity contribution in [2.45, 2.75) is 45.5 Å². The topological polar surface area (TPSA) is 55.6 Å². The van der Waals surface area contributed by atoms with E-state index in [1.807, 2.05) is 19.1 Å². The molecule has 1 atom stereocenters. The Morgan fingerprint density at radius 2 is 2.17 bits per heavy atom. The average Bonchev–Trinajstić information content (AvgIpc) is 2.94. The minimum atomic E-state index is -4.17. The van der Waals surface area contributed by atoms with E-state index in [-0.39, 0.29) is 13.0 Å². The standard InChI is InChI=1S/C15H18F3N5/c1-2-11-7-12(5-6-19-11)20-8-14-22-21-13-4-3-10(9-23(13)14)15(16,17)18/h5-7,10H,2-4,8-9H2,1H3,(H,19,20). The Labute approximate surface area is 131 Å². The molecule has 124 valence electrons. The number of hydrogen-bond donors (Lipinski definition) is 1. The molecule has 0 saturated heterocycles. The lowest BCUT2D eigenvalue weighted by Crippen LogP contribution is -2.33. The summed E-state index contributed by atoms with van der Waals surface area (Å²) in [4.78, 5) is 4.21. The number of aromatic nitrogens is 4. The highest BCUT2D eigenvalue weighted by Gasteiger charge is 2.42. The minimum absolute atomic E-state index is 0.0826. The zero-order valence-electron chi connectivity index (χ0n) is 12.8. The van der Waals surface area contributed by atoms with Crippen LogP contribution in [-0.2, 0) is 25.9 Å². The van der Waals surface area contributed by atoms with Crippen LogP contribution in [0, 0.1) is 5.92 Å².